The van der Waals surface area contributed by atoms with E-state index in [4.69, 9.17) is 0 Å². The molecule has 0 bridgehead atoms. The Balaban J connectivity index is 2.19. The van der Waals surface area contributed by atoms with Crippen LogP contribution in [-0.2, 0) is 9.59 Å². The van der Waals surface area contributed by atoms with Gasteiger partial charge in [0.05, 0.1) is 5.70 Å². The van der Waals surface area contributed by atoms with Crippen LogP contribution >= 0.6 is 0 Å². The number of fused-ring (bicyclic) bond motifs is 1. The van der Waals surface area contributed by atoms with Crippen molar-refractivity contribution >= 4 is 11.8 Å². The minimum absolute atomic E-state index is 0.0290. The number of aliphatic carboxylic acids is 1. The Kier molecular flexibility index (Phi) is 4.28. The van der Waals surface area contributed by atoms with E-state index in [1.807, 2.05) is 6.92 Å². The van der Waals surface area contributed by atoms with Crippen molar-refractivity contribution in [2.75, 3.05) is 26.2 Å². The molecule has 0 aromatic heterocycles. The number of allylic oxidation sites excluding steroid dienone is 2. The van der Waals surface area contributed by atoms with Crippen molar-refractivity contribution < 1.29 is 23.5 Å². The van der Waals surface area contributed by atoms with Crippen LogP contribution < -0.4 is 5.32 Å². The predicted molar refractivity (Wildman–Crippen MR) is 87.0 cm³/mol. The van der Waals surface area contributed by atoms with Crippen LogP contribution in [0.15, 0.2) is 35.7 Å². The molecule has 8 heteroatoms. The second-order valence-corrected chi connectivity index (χ2v) is 6.55. The van der Waals surface area contributed by atoms with E-state index in [1.54, 1.807) is 22.9 Å². The minimum Gasteiger partial charge on any atom is -0.479 e. The van der Waals surface area contributed by atoms with Gasteiger partial charge in [-0.1, -0.05) is 0 Å². The van der Waals surface area contributed by atoms with Gasteiger partial charge in [-0.3, -0.25) is 9.69 Å². The molecule has 0 radical (unpaired) electrons. The fraction of sp³-hybridized carbons (Fsp3) is 0.529. The highest BCUT2D eigenvalue weighted by molar-refractivity contribution is 6.02. The van der Waals surface area contributed by atoms with Crippen molar-refractivity contribution in [1.82, 2.24) is 15.1 Å². The molecular weight excluding hydrogens is 332 g/mol. The van der Waals surface area contributed by atoms with Crippen molar-refractivity contribution in [3.8, 4) is 0 Å². The summed E-state index contributed by atoms with van der Waals surface area (Å²) in [5, 5.41) is 13.2. The molecule has 0 amide bonds. The molecule has 0 saturated carbocycles. The zero-order chi connectivity index (χ0) is 18.4. The highest BCUT2D eigenvalue weighted by Gasteiger charge is 2.54. The number of halogens is 2. The summed E-state index contributed by atoms with van der Waals surface area (Å²) in [6.45, 7) is 5.51. The third kappa shape index (κ3) is 2.69. The van der Waals surface area contributed by atoms with Crippen LogP contribution in [0.5, 0.6) is 0 Å². The van der Waals surface area contributed by atoms with E-state index in [2.05, 4.69) is 5.32 Å². The molecule has 1 fully saturated rings. The smallest absolute Gasteiger partial charge is 0.333 e. The highest BCUT2D eigenvalue weighted by Crippen LogP contribution is 2.43. The summed E-state index contributed by atoms with van der Waals surface area (Å²) in [5.41, 5.74) is -1.52. The summed E-state index contributed by atoms with van der Waals surface area (Å²) in [7, 11) is 0. The Hall–Kier alpha value is -2.06. The number of ketones is 1. The average Bonchev–Trinajstić information content (AvgIpc) is 2.54. The first-order chi connectivity index (χ1) is 11.7. The number of carbonyl (C=O) groups excluding carboxylic acids is 1. The zero-order valence-corrected chi connectivity index (χ0v) is 14.1. The number of likely N-dealkylation sites (N-methyl/N-ethyl adjacent to an activating group) is 1. The molecule has 0 aromatic carbocycles. The molecule has 0 aromatic rings. The van der Waals surface area contributed by atoms with E-state index in [0.717, 1.165) is 6.08 Å². The molecule has 2 aliphatic heterocycles. The Morgan fingerprint density at radius 2 is 2.20 bits per heavy atom. The molecule has 2 heterocycles. The summed E-state index contributed by atoms with van der Waals surface area (Å²) in [6.07, 6.45) is 4.41. The van der Waals surface area contributed by atoms with Gasteiger partial charge in [0.25, 0.3) is 0 Å². The van der Waals surface area contributed by atoms with Crippen molar-refractivity contribution in [3.05, 3.63) is 35.7 Å². The number of alkyl halides is 2. The molecule has 6 nitrogen and oxygen atoms in total. The molecule has 2 atom stereocenters. The van der Waals surface area contributed by atoms with E-state index in [-0.39, 0.29) is 17.3 Å². The third-order valence-corrected chi connectivity index (χ3v) is 4.95. The number of carboxylic acids is 1. The number of rotatable bonds is 3. The molecule has 136 valence electrons. The monoisotopic (exact) mass is 353 g/mol. The van der Waals surface area contributed by atoms with Crippen molar-refractivity contribution in [3.63, 3.8) is 0 Å². The Morgan fingerprint density at radius 1 is 1.48 bits per heavy atom. The molecule has 2 N–H and O–H groups in total. The lowest BCUT2D eigenvalue weighted by Gasteiger charge is -2.48. The van der Waals surface area contributed by atoms with Gasteiger partial charge in [-0.2, -0.15) is 8.78 Å². The number of carbonyl (C=O) groups is 2. The first-order valence-electron chi connectivity index (χ1n) is 8.28. The topological polar surface area (TPSA) is 72.9 Å². The van der Waals surface area contributed by atoms with Gasteiger partial charge in [-0.05, 0) is 19.9 Å². The third-order valence-electron chi connectivity index (χ3n) is 4.95. The predicted octanol–water partition coefficient (Wildman–Crippen LogP) is 0.981. The largest absolute Gasteiger partial charge is 0.479 e. The van der Waals surface area contributed by atoms with Crippen LogP contribution in [0, 0.1) is 0 Å². The maximum absolute atomic E-state index is 14.1. The average molecular weight is 353 g/mol. The summed E-state index contributed by atoms with van der Waals surface area (Å²) in [6, 6.07) is 0.0290. The molecule has 1 aliphatic carbocycles. The van der Waals surface area contributed by atoms with Crippen molar-refractivity contribution in [2.24, 2.45) is 0 Å². The fourth-order valence-electron chi connectivity index (χ4n) is 3.66. The lowest BCUT2D eigenvalue weighted by Crippen LogP contribution is -2.64. The van der Waals surface area contributed by atoms with Gasteiger partial charge in [0.2, 0.25) is 5.78 Å². The second kappa shape index (κ2) is 6.03. The number of hydrogen-bond donors (Lipinski definition) is 2. The summed E-state index contributed by atoms with van der Waals surface area (Å²) in [5.74, 6) is -6.26. The van der Waals surface area contributed by atoms with E-state index in [0.29, 0.717) is 32.3 Å². The van der Waals surface area contributed by atoms with Crippen molar-refractivity contribution in [1.29, 1.82) is 0 Å². The molecule has 3 aliphatic rings. The lowest BCUT2D eigenvalue weighted by molar-refractivity contribution is -0.147. The quantitative estimate of drug-likeness (QED) is 0.788. The van der Waals surface area contributed by atoms with E-state index in [1.165, 1.54) is 6.08 Å². The van der Waals surface area contributed by atoms with Gasteiger partial charge in [0.1, 0.15) is 0 Å². The number of piperazine rings is 1. The summed E-state index contributed by atoms with van der Waals surface area (Å²) < 4.78 is 28.2. The number of hydrogen-bond acceptors (Lipinski definition) is 5. The Morgan fingerprint density at radius 3 is 2.80 bits per heavy atom. The fourth-order valence-corrected chi connectivity index (χ4v) is 3.66. The first-order valence-corrected chi connectivity index (χ1v) is 8.28. The summed E-state index contributed by atoms with van der Waals surface area (Å²) >= 11 is 0. The number of nitrogens with zero attached hydrogens (tertiary/aromatic N) is 2. The Labute approximate surface area is 144 Å². The highest BCUT2D eigenvalue weighted by atomic mass is 19.3. The summed E-state index contributed by atoms with van der Waals surface area (Å²) in [4.78, 5) is 27.3. The van der Waals surface area contributed by atoms with Crippen LogP contribution in [0.25, 0.3) is 0 Å². The maximum Gasteiger partial charge on any atom is 0.333 e. The van der Waals surface area contributed by atoms with Crippen LogP contribution in [0.2, 0.25) is 0 Å². The molecule has 2 unspecified atom stereocenters. The van der Waals surface area contributed by atoms with Crippen molar-refractivity contribution in [2.45, 2.75) is 31.4 Å². The van der Waals surface area contributed by atoms with E-state index < -0.39 is 23.2 Å². The molecule has 1 saturated heterocycles. The number of nitrogens with one attached hydrogen (secondary N) is 1. The first kappa shape index (κ1) is 17.8. The zero-order valence-electron chi connectivity index (χ0n) is 14.1. The van der Waals surface area contributed by atoms with Gasteiger partial charge in [-0.15, -0.1) is 0 Å². The molecule has 0 spiro atoms. The van der Waals surface area contributed by atoms with Crippen LogP contribution in [0.1, 0.15) is 13.8 Å². The Bertz CT molecular complexity index is 701. The van der Waals surface area contributed by atoms with E-state index >= 15 is 0 Å². The van der Waals surface area contributed by atoms with Gasteiger partial charge in [-0.25, -0.2) is 4.79 Å². The van der Waals surface area contributed by atoms with Gasteiger partial charge in [0.15, 0.2) is 5.54 Å². The molecule has 3 rings (SSSR count). The second-order valence-electron chi connectivity index (χ2n) is 6.55. The van der Waals surface area contributed by atoms with Gasteiger partial charge < -0.3 is 15.3 Å². The minimum atomic E-state index is -3.70. The molecular formula is C17H21F2N3O3. The van der Waals surface area contributed by atoms with Gasteiger partial charge in [0, 0.05) is 56.1 Å². The lowest BCUT2D eigenvalue weighted by atomic mass is 9.78. The van der Waals surface area contributed by atoms with E-state index in [9.17, 15) is 23.5 Å². The SMILES string of the molecule is CCN1C=CC(C(=O)O)(N2CCNC(C)C2)C2=CC(F)(F)C(=O)C=C21. The normalized spacial score (nSPS) is 32.1. The van der Waals surface area contributed by atoms with Crippen LogP contribution in [0.4, 0.5) is 8.78 Å². The van der Waals surface area contributed by atoms with Crippen LogP contribution in [0.3, 0.4) is 0 Å². The van der Waals surface area contributed by atoms with Crippen LogP contribution in [-0.4, -0.2) is 70.3 Å². The number of carboxylic acid groups (broad SMARTS) is 1. The standard InChI is InChI=1S/C17H21F2N3O3/c1-3-21-6-4-16(15(24)25,22-7-5-20-11(2)10-22)12-9-17(18,19)14(23)8-13(12)21/h4,6,8-9,11,20H,3,5,7,10H2,1-2H3,(H,24,25). The maximum atomic E-state index is 14.1. The molecule has 25 heavy (non-hydrogen) atoms. The van der Waals surface area contributed by atoms with Gasteiger partial charge >= 0.3 is 11.9 Å².